The monoisotopic (exact) mass is 487 g/mol. The summed E-state index contributed by atoms with van der Waals surface area (Å²) in [7, 11) is -3.99. The van der Waals surface area contributed by atoms with E-state index in [1.54, 1.807) is 43.3 Å². The molecule has 1 unspecified atom stereocenters. The van der Waals surface area contributed by atoms with E-state index in [0.717, 1.165) is 10.7 Å². The Labute approximate surface area is 199 Å². The standard InChI is InChI=1S/C24H29N3O6S/c1-17(2)11-12-25-23(29)24(3)15-26(34(30,31)19-7-5-4-6-8-19)14-22(28)27(24)18-9-10-20-21(13-18)33-16-32-20/h4-10,13,17H,11-12,14-16H2,1-3H3,(H,25,29). The van der Waals surface area contributed by atoms with E-state index in [0.29, 0.717) is 29.6 Å². The Kier molecular flexibility index (Phi) is 6.55. The Morgan fingerprint density at radius 3 is 2.53 bits per heavy atom. The van der Waals surface area contributed by atoms with E-state index >= 15 is 0 Å². The first-order valence-electron chi connectivity index (χ1n) is 11.2. The molecule has 1 N–H and O–H groups in total. The van der Waals surface area contributed by atoms with Crippen molar-refractivity contribution in [2.75, 3.05) is 31.3 Å². The number of carbonyl (C=O) groups is 2. The first-order chi connectivity index (χ1) is 16.1. The number of anilines is 1. The highest BCUT2D eigenvalue weighted by Gasteiger charge is 2.51. The predicted molar refractivity (Wildman–Crippen MR) is 126 cm³/mol. The summed E-state index contributed by atoms with van der Waals surface area (Å²) < 4.78 is 38.6. The van der Waals surface area contributed by atoms with Crippen molar-refractivity contribution in [2.45, 2.75) is 37.6 Å². The van der Waals surface area contributed by atoms with E-state index in [9.17, 15) is 18.0 Å². The van der Waals surface area contributed by atoms with Crippen molar-refractivity contribution in [1.82, 2.24) is 9.62 Å². The summed E-state index contributed by atoms with van der Waals surface area (Å²) in [5.74, 6) is 0.455. The maximum Gasteiger partial charge on any atom is 0.247 e. The summed E-state index contributed by atoms with van der Waals surface area (Å²) in [4.78, 5) is 28.4. The van der Waals surface area contributed by atoms with Crippen LogP contribution in [0, 0.1) is 5.92 Å². The normalized spacial score (nSPS) is 20.6. The molecule has 1 fully saturated rings. The summed E-state index contributed by atoms with van der Waals surface area (Å²) in [6.45, 7) is 5.59. The second-order valence-electron chi connectivity index (χ2n) is 9.07. The molecule has 1 atom stereocenters. The zero-order chi connectivity index (χ0) is 24.5. The molecule has 10 heteroatoms. The van der Waals surface area contributed by atoms with Crippen LogP contribution in [0.3, 0.4) is 0 Å². The van der Waals surface area contributed by atoms with E-state index in [1.807, 2.05) is 13.8 Å². The van der Waals surface area contributed by atoms with Crippen LogP contribution in [-0.4, -0.2) is 56.5 Å². The summed E-state index contributed by atoms with van der Waals surface area (Å²) in [6, 6.07) is 12.9. The molecule has 2 aliphatic heterocycles. The van der Waals surface area contributed by atoms with Gasteiger partial charge in [-0.3, -0.25) is 14.5 Å². The van der Waals surface area contributed by atoms with Crippen molar-refractivity contribution in [3.8, 4) is 11.5 Å². The van der Waals surface area contributed by atoms with Gasteiger partial charge in [-0.05, 0) is 43.5 Å². The van der Waals surface area contributed by atoms with Crippen LogP contribution in [0.4, 0.5) is 5.69 Å². The topological polar surface area (TPSA) is 105 Å². The summed E-state index contributed by atoms with van der Waals surface area (Å²) in [5.41, 5.74) is -1.05. The zero-order valence-electron chi connectivity index (χ0n) is 19.5. The number of piperazine rings is 1. The van der Waals surface area contributed by atoms with E-state index in [-0.39, 0.29) is 24.8 Å². The summed E-state index contributed by atoms with van der Waals surface area (Å²) >= 11 is 0. The third-order valence-electron chi connectivity index (χ3n) is 6.03. The molecule has 1 saturated heterocycles. The zero-order valence-corrected chi connectivity index (χ0v) is 20.3. The van der Waals surface area contributed by atoms with Gasteiger partial charge in [-0.25, -0.2) is 8.42 Å². The fourth-order valence-electron chi connectivity index (χ4n) is 4.17. The molecule has 2 aromatic carbocycles. The average molecular weight is 488 g/mol. The number of sulfonamides is 1. The van der Waals surface area contributed by atoms with Crippen molar-refractivity contribution in [3.05, 3.63) is 48.5 Å². The largest absolute Gasteiger partial charge is 0.454 e. The van der Waals surface area contributed by atoms with Gasteiger partial charge in [0.15, 0.2) is 11.5 Å². The molecule has 34 heavy (non-hydrogen) atoms. The molecule has 2 aromatic rings. The van der Waals surface area contributed by atoms with Gasteiger partial charge in [0.1, 0.15) is 5.54 Å². The van der Waals surface area contributed by atoms with Gasteiger partial charge in [-0.15, -0.1) is 0 Å². The number of rotatable bonds is 7. The number of benzene rings is 2. The second kappa shape index (κ2) is 9.27. The molecule has 0 bridgehead atoms. The van der Waals surface area contributed by atoms with Crippen LogP contribution in [0.1, 0.15) is 27.2 Å². The van der Waals surface area contributed by atoms with Gasteiger partial charge in [0.2, 0.25) is 28.6 Å². The molecule has 0 aromatic heterocycles. The smallest absolute Gasteiger partial charge is 0.247 e. The first-order valence-corrected chi connectivity index (χ1v) is 12.6. The van der Waals surface area contributed by atoms with Crippen LogP contribution in [0.5, 0.6) is 11.5 Å². The lowest BCUT2D eigenvalue weighted by molar-refractivity contribution is -0.132. The van der Waals surface area contributed by atoms with Gasteiger partial charge < -0.3 is 14.8 Å². The molecule has 2 amide bonds. The Morgan fingerprint density at radius 1 is 1.12 bits per heavy atom. The van der Waals surface area contributed by atoms with Crippen LogP contribution in [0.25, 0.3) is 0 Å². The minimum Gasteiger partial charge on any atom is -0.454 e. The Hall–Kier alpha value is -3.11. The molecule has 2 heterocycles. The van der Waals surface area contributed by atoms with Crippen LogP contribution in [0.15, 0.2) is 53.4 Å². The number of carbonyl (C=O) groups excluding carboxylic acids is 2. The molecule has 2 aliphatic rings. The van der Waals surface area contributed by atoms with Crippen LogP contribution < -0.4 is 19.7 Å². The fourth-order valence-corrected chi connectivity index (χ4v) is 5.67. The third kappa shape index (κ3) is 4.47. The molecular formula is C24H29N3O6S. The quantitative estimate of drug-likeness (QED) is 0.643. The SMILES string of the molecule is CC(C)CCNC(=O)C1(C)CN(S(=O)(=O)c2ccccc2)CC(=O)N1c1ccc2c(c1)OCO2. The lowest BCUT2D eigenvalue weighted by Gasteiger charge is -2.46. The lowest BCUT2D eigenvalue weighted by Crippen LogP contribution is -2.70. The minimum atomic E-state index is -3.99. The van der Waals surface area contributed by atoms with Crippen molar-refractivity contribution in [1.29, 1.82) is 0 Å². The lowest BCUT2D eigenvalue weighted by atomic mass is 9.94. The minimum absolute atomic E-state index is 0.0712. The predicted octanol–water partition coefficient (Wildman–Crippen LogP) is 2.37. The molecule has 0 spiro atoms. The summed E-state index contributed by atoms with van der Waals surface area (Å²) in [5, 5.41) is 2.90. The van der Waals surface area contributed by atoms with Crippen LogP contribution >= 0.6 is 0 Å². The Morgan fingerprint density at radius 2 is 1.82 bits per heavy atom. The number of nitrogens with zero attached hydrogens (tertiary/aromatic N) is 2. The Balaban J connectivity index is 1.71. The van der Waals surface area contributed by atoms with E-state index < -0.39 is 27.4 Å². The highest BCUT2D eigenvalue weighted by Crippen LogP contribution is 2.39. The summed E-state index contributed by atoms with van der Waals surface area (Å²) in [6.07, 6.45) is 0.756. The molecule has 9 nitrogen and oxygen atoms in total. The highest BCUT2D eigenvalue weighted by atomic mass is 32.2. The maximum atomic E-state index is 13.5. The van der Waals surface area contributed by atoms with E-state index in [2.05, 4.69) is 5.32 Å². The number of hydrogen-bond donors (Lipinski definition) is 1. The molecule has 4 rings (SSSR count). The number of amides is 2. The van der Waals surface area contributed by atoms with E-state index in [1.165, 1.54) is 17.0 Å². The van der Waals surface area contributed by atoms with Gasteiger partial charge in [0.25, 0.3) is 0 Å². The van der Waals surface area contributed by atoms with Crippen LogP contribution in [-0.2, 0) is 19.6 Å². The highest BCUT2D eigenvalue weighted by molar-refractivity contribution is 7.89. The van der Waals surface area contributed by atoms with Gasteiger partial charge >= 0.3 is 0 Å². The van der Waals surface area contributed by atoms with Gasteiger partial charge in [-0.2, -0.15) is 4.31 Å². The van der Waals surface area contributed by atoms with E-state index in [4.69, 9.17) is 9.47 Å². The van der Waals surface area contributed by atoms with Gasteiger partial charge in [0.05, 0.1) is 11.4 Å². The fraction of sp³-hybridized carbons (Fsp3) is 0.417. The molecule has 182 valence electrons. The van der Waals surface area contributed by atoms with Gasteiger partial charge in [0, 0.05) is 24.8 Å². The molecule has 0 aliphatic carbocycles. The number of hydrogen-bond acceptors (Lipinski definition) is 6. The average Bonchev–Trinajstić information content (AvgIpc) is 3.27. The molecule has 0 radical (unpaired) electrons. The van der Waals surface area contributed by atoms with Crippen molar-refractivity contribution in [2.24, 2.45) is 5.92 Å². The Bertz CT molecular complexity index is 1180. The first kappa shape index (κ1) is 24.0. The molecular weight excluding hydrogens is 458 g/mol. The van der Waals surface area contributed by atoms with Crippen molar-refractivity contribution < 1.29 is 27.5 Å². The van der Waals surface area contributed by atoms with Gasteiger partial charge in [-0.1, -0.05) is 32.0 Å². The second-order valence-corrected chi connectivity index (χ2v) is 11.0. The van der Waals surface area contributed by atoms with Crippen molar-refractivity contribution in [3.63, 3.8) is 0 Å². The van der Waals surface area contributed by atoms with Crippen molar-refractivity contribution >= 4 is 27.5 Å². The third-order valence-corrected chi connectivity index (χ3v) is 7.84. The number of nitrogens with one attached hydrogen (secondary N) is 1. The number of ether oxygens (including phenoxy) is 2. The number of fused-ring (bicyclic) bond motifs is 1. The maximum absolute atomic E-state index is 13.5. The van der Waals surface area contributed by atoms with Crippen LogP contribution in [0.2, 0.25) is 0 Å². The molecule has 0 saturated carbocycles.